The summed E-state index contributed by atoms with van der Waals surface area (Å²) >= 11 is 0. The van der Waals surface area contributed by atoms with Crippen molar-refractivity contribution < 1.29 is 13.2 Å². The zero-order valence-corrected chi connectivity index (χ0v) is 13.0. The Morgan fingerprint density at radius 3 is 2.40 bits per heavy atom. The van der Waals surface area contributed by atoms with Gasteiger partial charge in [-0.1, -0.05) is 37.3 Å². The summed E-state index contributed by atoms with van der Waals surface area (Å²) in [5, 5.41) is 2.81. The van der Waals surface area contributed by atoms with Gasteiger partial charge in [-0.15, -0.1) is 0 Å². The van der Waals surface area contributed by atoms with Crippen LogP contribution >= 0.6 is 0 Å². The van der Waals surface area contributed by atoms with E-state index in [-0.39, 0.29) is 18.5 Å². The molecule has 0 heterocycles. The minimum absolute atomic E-state index is 0.135. The lowest BCUT2D eigenvalue weighted by molar-refractivity contribution is -0.121. The number of nitrogens with zero attached hydrogens (tertiary/aromatic N) is 1. The summed E-state index contributed by atoms with van der Waals surface area (Å²) in [6, 6.07) is 9.41. The summed E-state index contributed by atoms with van der Waals surface area (Å²) in [4.78, 5) is 11.9. The normalized spacial score (nSPS) is 13.2. The van der Waals surface area contributed by atoms with Gasteiger partial charge in [0.05, 0.1) is 18.8 Å². The molecule has 0 aliphatic carbocycles. The Bertz CT molecular complexity index is 529. The van der Waals surface area contributed by atoms with Gasteiger partial charge in [-0.3, -0.25) is 4.79 Å². The minimum atomic E-state index is -3.35. The molecule has 20 heavy (non-hydrogen) atoms. The summed E-state index contributed by atoms with van der Waals surface area (Å²) in [5.41, 5.74) is 0.988. The molecule has 6 heteroatoms. The predicted octanol–water partition coefficient (Wildman–Crippen LogP) is 1.54. The van der Waals surface area contributed by atoms with Gasteiger partial charge in [0, 0.05) is 6.54 Å². The average molecular weight is 298 g/mol. The van der Waals surface area contributed by atoms with Gasteiger partial charge in [0.25, 0.3) is 0 Å². The fourth-order valence-electron chi connectivity index (χ4n) is 1.88. The summed E-state index contributed by atoms with van der Waals surface area (Å²) in [7, 11) is -3.35. The van der Waals surface area contributed by atoms with Crippen molar-refractivity contribution in [1.82, 2.24) is 9.62 Å². The third-order valence-electron chi connectivity index (χ3n) is 2.94. The number of nitrogens with one attached hydrogen (secondary N) is 1. The second-order valence-corrected chi connectivity index (χ2v) is 6.78. The fourth-order valence-corrected chi connectivity index (χ4v) is 2.75. The predicted molar refractivity (Wildman–Crippen MR) is 79.7 cm³/mol. The highest BCUT2D eigenvalue weighted by Crippen LogP contribution is 2.11. The Morgan fingerprint density at radius 1 is 1.30 bits per heavy atom. The van der Waals surface area contributed by atoms with Crippen LogP contribution in [0, 0.1) is 0 Å². The first kappa shape index (κ1) is 16.7. The molecule has 0 radical (unpaired) electrons. The van der Waals surface area contributed by atoms with E-state index >= 15 is 0 Å². The van der Waals surface area contributed by atoms with Crippen LogP contribution in [0.3, 0.4) is 0 Å². The number of carbonyl (C=O) groups excluding carboxylic acids is 1. The Hall–Kier alpha value is -1.40. The van der Waals surface area contributed by atoms with Gasteiger partial charge < -0.3 is 5.32 Å². The molecule has 0 saturated heterocycles. The molecular weight excluding hydrogens is 276 g/mol. The summed E-state index contributed by atoms with van der Waals surface area (Å²) in [5.74, 6) is -0.291. The molecular formula is C14H22N2O3S. The molecule has 0 aromatic heterocycles. The third kappa shape index (κ3) is 5.30. The number of rotatable bonds is 7. The Kier molecular flexibility index (Phi) is 6.16. The van der Waals surface area contributed by atoms with Crippen LogP contribution in [0.2, 0.25) is 0 Å². The van der Waals surface area contributed by atoms with Gasteiger partial charge in [0.1, 0.15) is 0 Å². The maximum atomic E-state index is 11.9. The molecule has 0 aliphatic rings. The summed E-state index contributed by atoms with van der Waals surface area (Å²) in [6.45, 7) is 3.97. The van der Waals surface area contributed by atoms with Crippen LogP contribution in [0.15, 0.2) is 30.3 Å². The van der Waals surface area contributed by atoms with Crippen LogP contribution < -0.4 is 5.32 Å². The van der Waals surface area contributed by atoms with Crippen LogP contribution in [-0.4, -0.2) is 38.0 Å². The SMILES string of the molecule is CCCN(CC(=O)NC(C)c1ccccc1)S(C)(=O)=O. The van der Waals surface area contributed by atoms with Crippen molar-refractivity contribution in [1.29, 1.82) is 0 Å². The van der Waals surface area contributed by atoms with E-state index in [2.05, 4.69) is 5.32 Å². The molecule has 1 amide bonds. The van der Waals surface area contributed by atoms with E-state index in [0.29, 0.717) is 13.0 Å². The molecule has 1 aromatic carbocycles. The van der Waals surface area contributed by atoms with Gasteiger partial charge in [-0.25, -0.2) is 8.42 Å². The van der Waals surface area contributed by atoms with Crippen LogP contribution in [-0.2, 0) is 14.8 Å². The monoisotopic (exact) mass is 298 g/mol. The van der Waals surface area contributed by atoms with Gasteiger partial charge in [0.15, 0.2) is 0 Å². The molecule has 0 bridgehead atoms. The van der Waals surface area contributed by atoms with Crippen molar-refractivity contribution in [2.75, 3.05) is 19.3 Å². The largest absolute Gasteiger partial charge is 0.348 e. The summed E-state index contributed by atoms with van der Waals surface area (Å²) in [6.07, 6.45) is 1.80. The molecule has 0 aliphatic heterocycles. The van der Waals surface area contributed by atoms with Crippen molar-refractivity contribution in [2.24, 2.45) is 0 Å². The molecule has 5 nitrogen and oxygen atoms in total. The van der Waals surface area contributed by atoms with Gasteiger partial charge in [-0.2, -0.15) is 4.31 Å². The molecule has 112 valence electrons. The highest BCUT2D eigenvalue weighted by atomic mass is 32.2. The Balaban J connectivity index is 2.62. The third-order valence-corrected chi connectivity index (χ3v) is 4.19. The Morgan fingerprint density at radius 2 is 1.90 bits per heavy atom. The van der Waals surface area contributed by atoms with E-state index in [1.54, 1.807) is 0 Å². The van der Waals surface area contributed by atoms with E-state index in [1.165, 1.54) is 4.31 Å². The van der Waals surface area contributed by atoms with Crippen molar-refractivity contribution >= 4 is 15.9 Å². The first-order valence-electron chi connectivity index (χ1n) is 6.64. The first-order valence-corrected chi connectivity index (χ1v) is 8.49. The average Bonchev–Trinajstić information content (AvgIpc) is 2.38. The second-order valence-electron chi connectivity index (χ2n) is 4.80. The second kappa shape index (κ2) is 7.40. The van der Waals surface area contributed by atoms with Crippen molar-refractivity contribution in [3.05, 3.63) is 35.9 Å². The van der Waals surface area contributed by atoms with E-state index in [0.717, 1.165) is 11.8 Å². The summed E-state index contributed by atoms with van der Waals surface area (Å²) < 4.78 is 24.3. The molecule has 0 saturated carbocycles. The number of benzene rings is 1. The number of hydrogen-bond acceptors (Lipinski definition) is 3. The van der Waals surface area contributed by atoms with Crippen LogP contribution in [0.1, 0.15) is 31.9 Å². The van der Waals surface area contributed by atoms with E-state index in [9.17, 15) is 13.2 Å². The zero-order chi connectivity index (χ0) is 15.2. The highest BCUT2D eigenvalue weighted by molar-refractivity contribution is 7.88. The molecule has 1 rings (SSSR count). The number of hydrogen-bond donors (Lipinski definition) is 1. The van der Waals surface area contributed by atoms with Crippen molar-refractivity contribution in [3.8, 4) is 0 Å². The van der Waals surface area contributed by atoms with Gasteiger partial charge >= 0.3 is 0 Å². The molecule has 0 spiro atoms. The number of sulfonamides is 1. The fraction of sp³-hybridized carbons (Fsp3) is 0.500. The topological polar surface area (TPSA) is 66.5 Å². The first-order chi connectivity index (χ1) is 9.34. The maximum absolute atomic E-state index is 11.9. The highest BCUT2D eigenvalue weighted by Gasteiger charge is 2.20. The van der Waals surface area contributed by atoms with Crippen molar-refractivity contribution in [3.63, 3.8) is 0 Å². The zero-order valence-electron chi connectivity index (χ0n) is 12.2. The van der Waals surface area contributed by atoms with E-state index in [1.807, 2.05) is 44.2 Å². The molecule has 1 unspecified atom stereocenters. The van der Waals surface area contributed by atoms with Gasteiger partial charge in [0.2, 0.25) is 15.9 Å². The lowest BCUT2D eigenvalue weighted by Gasteiger charge is -2.20. The number of amides is 1. The molecule has 1 aromatic rings. The lowest BCUT2D eigenvalue weighted by atomic mass is 10.1. The maximum Gasteiger partial charge on any atom is 0.235 e. The Labute approximate surface area is 121 Å². The van der Waals surface area contributed by atoms with E-state index in [4.69, 9.17) is 0 Å². The van der Waals surface area contributed by atoms with Crippen LogP contribution in [0.25, 0.3) is 0 Å². The quantitative estimate of drug-likeness (QED) is 0.830. The van der Waals surface area contributed by atoms with Gasteiger partial charge in [-0.05, 0) is 18.9 Å². The smallest absolute Gasteiger partial charge is 0.235 e. The molecule has 1 atom stereocenters. The van der Waals surface area contributed by atoms with Crippen molar-refractivity contribution in [2.45, 2.75) is 26.3 Å². The van der Waals surface area contributed by atoms with Crippen LogP contribution in [0.5, 0.6) is 0 Å². The minimum Gasteiger partial charge on any atom is -0.348 e. The standard InChI is InChI=1S/C14H22N2O3S/c1-4-10-16(20(3,18)19)11-14(17)15-12(2)13-8-6-5-7-9-13/h5-9,12H,4,10-11H2,1-3H3,(H,15,17). The molecule has 0 fully saturated rings. The van der Waals surface area contributed by atoms with E-state index < -0.39 is 10.0 Å². The number of carbonyl (C=O) groups is 1. The van der Waals surface area contributed by atoms with Crippen LogP contribution in [0.4, 0.5) is 0 Å². The molecule has 1 N–H and O–H groups in total. The lowest BCUT2D eigenvalue weighted by Crippen LogP contribution is -2.41.